The first-order valence-corrected chi connectivity index (χ1v) is 8.09. The van der Waals surface area contributed by atoms with Crippen LogP contribution in [0.3, 0.4) is 0 Å². The van der Waals surface area contributed by atoms with Gasteiger partial charge in [-0.2, -0.15) is 13.2 Å². The first-order chi connectivity index (χ1) is 12.7. The molecule has 8 heteroatoms. The van der Waals surface area contributed by atoms with Crippen LogP contribution in [0, 0.1) is 13.8 Å². The Hall–Kier alpha value is -3.03. The standard InChI is InChI=1S/C19H19F3N2O3/c1-12-5-3-8-16(13(12)2)27-11-17(25)23-10-14-6-4-7-15(9-14)24-18(26)19(20,21)22/h3-9H,10-11H2,1-2H3,(H,23,25)(H,24,26). The smallest absolute Gasteiger partial charge is 0.471 e. The number of ether oxygens (including phenoxy) is 1. The van der Waals surface area contributed by atoms with Crippen LogP contribution in [0.5, 0.6) is 5.75 Å². The molecule has 2 aromatic carbocycles. The van der Waals surface area contributed by atoms with Crippen LogP contribution in [-0.2, 0) is 16.1 Å². The third-order valence-electron chi connectivity index (χ3n) is 3.85. The van der Waals surface area contributed by atoms with Crippen LogP contribution in [-0.4, -0.2) is 24.6 Å². The van der Waals surface area contributed by atoms with Crippen LogP contribution in [0.25, 0.3) is 0 Å². The number of hydrogen-bond donors (Lipinski definition) is 2. The number of nitrogens with one attached hydrogen (secondary N) is 2. The van der Waals surface area contributed by atoms with Gasteiger partial charge in [0.15, 0.2) is 6.61 Å². The highest BCUT2D eigenvalue weighted by molar-refractivity contribution is 5.94. The average Bonchev–Trinajstić information content (AvgIpc) is 2.60. The van der Waals surface area contributed by atoms with Gasteiger partial charge in [0, 0.05) is 12.2 Å². The number of amides is 2. The summed E-state index contributed by atoms with van der Waals surface area (Å²) in [6.07, 6.45) is -4.96. The topological polar surface area (TPSA) is 67.4 Å². The summed E-state index contributed by atoms with van der Waals surface area (Å²) in [6, 6.07) is 11.3. The Kier molecular flexibility index (Phi) is 6.44. The van der Waals surface area contributed by atoms with Gasteiger partial charge in [-0.15, -0.1) is 0 Å². The third kappa shape index (κ3) is 6.02. The molecule has 0 saturated heterocycles. The molecule has 2 rings (SSSR count). The summed E-state index contributed by atoms with van der Waals surface area (Å²) in [7, 11) is 0. The van der Waals surface area contributed by atoms with Crippen molar-refractivity contribution < 1.29 is 27.5 Å². The number of hydrogen-bond acceptors (Lipinski definition) is 3. The van der Waals surface area contributed by atoms with Crippen LogP contribution >= 0.6 is 0 Å². The van der Waals surface area contributed by atoms with E-state index in [0.717, 1.165) is 11.1 Å². The Morgan fingerprint density at radius 1 is 1.07 bits per heavy atom. The lowest BCUT2D eigenvalue weighted by Crippen LogP contribution is -2.30. The molecule has 0 aliphatic heterocycles. The summed E-state index contributed by atoms with van der Waals surface area (Å²) in [5.74, 6) is -1.81. The van der Waals surface area contributed by atoms with Gasteiger partial charge < -0.3 is 15.4 Å². The zero-order valence-corrected chi connectivity index (χ0v) is 14.8. The highest BCUT2D eigenvalue weighted by atomic mass is 19.4. The van der Waals surface area contributed by atoms with Gasteiger partial charge in [-0.05, 0) is 48.7 Å². The molecule has 2 N–H and O–H groups in total. The predicted molar refractivity (Wildman–Crippen MR) is 94.4 cm³/mol. The van der Waals surface area contributed by atoms with E-state index in [1.165, 1.54) is 18.2 Å². The highest BCUT2D eigenvalue weighted by Crippen LogP contribution is 2.20. The molecule has 2 aromatic rings. The number of rotatable bonds is 6. The van der Waals surface area contributed by atoms with Crippen molar-refractivity contribution >= 4 is 17.5 Å². The van der Waals surface area contributed by atoms with Crippen molar-refractivity contribution in [3.63, 3.8) is 0 Å². The molecule has 0 atom stereocenters. The van der Waals surface area contributed by atoms with Gasteiger partial charge in [-0.25, -0.2) is 0 Å². The Labute approximate surface area is 154 Å². The van der Waals surface area contributed by atoms with Crippen LogP contribution in [0.15, 0.2) is 42.5 Å². The van der Waals surface area contributed by atoms with Gasteiger partial charge in [0.2, 0.25) is 0 Å². The Bertz CT molecular complexity index is 835. The lowest BCUT2D eigenvalue weighted by atomic mass is 10.1. The minimum atomic E-state index is -4.96. The molecule has 5 nitrogen and oxygen atoms in total. The molecule has 0 radical (unpaired) electrons. The van der Waals surface area contributed by atoms with E-state index in [4.69, 9.17) is 4.74 Å². The minimum absolute atomic E-state index is 0.00397. The molecule has 27 heavy (non-hydrogen) atoms. The van der Waals surface area contributed by atoms with Crippen LogP contribution in [0.2, 0.25) is 0 Å². The number of carbonyl (C=O) groups excluding carboxylic acids is 2. The molecule has 0 saturated carbocycles. The van der Waals surface area contributed by atoms with Crippen molar-refractivity contribution in [2.45, 2.75) is 26.6 Å². The van der Waals surface area contributed by atoms with Crippen molar-refractivity contribution in [3.05, 3.63) is 59.2 Å². The van der Waals surface area contributed by atoms with Gasteiger partial charge in [0.1, 0.15) is 5.75 Å². The molecular formula is C19H19F3N2O3. The van der Waals surface area contributed by atoms with Gasteiger partial charge in [-0.1, -0.05) is 24.3 Å². The van der Waals surface area contributed by atoms with Crippen molar-refractivity contribution in [3.8, 4) is 5.75 Å². The van der Waals surface area contributed by atoms with Crippen molar-refractivity contribution in [1.29, 1.82) is 0 Å². The molecular weight excluding hydrogens is 361 g/mol. The maximum absolute atomic E-state index is 12.3. The third-order valence-corrected chi connectivity index (χ3v) is 3.85. The molecule has 0 heterocycles. The summed E-state index contributed by atoms with van der Waals surface area (Å²) in [4.78, 5) is 22.9. The Morgan fingerprint density at radius 2 is 1.78 bits per heavy atom. The SMILES string of the molecule is Cc1cccc(OCC(=O)NCc2cccc(NC(=O)C(F)(F)F)c2)c1C. The molecule has 2 amide bonds. The fourth-order valence-corrected chi connectivity index (χ4v) is 2.24. The largest absolute Gasteiger partial charge is 0.483 e. The quantitative estimate of drug-likeness (QED) is 0.806. The summed E-state index contributed by atoms with van der Waals surface area (Å²) in [5, 5.41) is 4.38. The zero-order chi connectivity index (χ0) is 20.0. The zero-order valence-electron chi connectivity index (χ0n) is 14.8. The second-order valence-electron chi connectivity index (χ2n) is 5.92. The monoisotopic (exact) mass is 380 g/mol. The van der Waals surface area contributed by atoms with Gasteiger partial charge in [-0.3, -0.25) is 9.59 Å². The fourth-order valence-electron chi connectivity index (χ4n) is 2.24. The van der Waals surface area contributed by atoms with Crippen molar-refractivity contribution in [2.75, 3.05) is 11.9 Å². The lowest BCUT2D eigenvalue weighted by molar-refractivity contribution is -0.167. The molecule has 0 aliphatic rings. The van der Waals surface area contributed by atoms with Gasteiger partial charge >= 0.3 is 12.1 Å². The lowest BCUT2D eigenvalue weighted by Gasteiger charge is -2.12. The van der Waals surface area contributed by atoms with E-state index in [9.17, 15) is 22.8 Å². The van der Waals surface area contributed by atoms with Gasteiger partial charge in [0.25, 0.3) is 5.91 Å². The molecule has 0 spiro atoms. The van der Waals surface area contributed by atoms with Gasteiger partial charge in [0.05, 0.1) is 0 Å². The summed E-state index contributed by atoms with van der Waals surface area (Å²) < 4.78 is 42.3. The molecule has 0 unspecified atom stereocenters. The van der Waals surface area contributed by atoms with E-state index < -0.39 is 12.1 Å². The van der Waals surface area contributed by atoms with E-state index in [1.54, 1.807) is 17.4 Å². The number of carbonyl (C=O) groups is 2. The van der Waals surface area contributed by atoms with E-state index in [2.05, 4.69) is 5.32 Å². The average molecular weight is 380 g/mol. The number of halogens is 3. The molecule has 0 fully saturated rings. The van der Waals surface area contributed by atoms with E-state index >= 15 is 0 Å². The van der Waals surface area contributed by atoms with Crippen molar-refractivity contribution in [2.24, 2.45) is 0 Å². The summed E-state index contributed by atoms with van der Waals surface area (Å²) in [5.41, 5.74) is 2.52. The normalized spacial score (nSPS) is 11.0. The maximum Gasteiger partial charge on any atom is 0.471 e. The van der Waals surface area contributed by atoms with Crippen molar-refractivity contribution in [1.82, 2.24) is 5.32 Å². The molecule has 0 aliphatic carbocycles. The summed E-state index contributed by atoms with van der Waals surface area (Å²) >= 11 is 0. The summed E-state index contributed by atoms with van der Waals surface area (Å²) in [6.45, 7) is 3.73. The van der Waals surface area contributed by atoms with E-state index in [-0.39, 0.29) is 24.7 Å². The maximum atomic E-state index is 12.3. The molecule has 0 bridgehead atoms. The first kappa shape index (κ1) is 20.3. The van der Waals surface area contributed by atoms with Crippen LogP contribution in [0.1, 0.15) is 16.7 Å². The van der Waals surface area contributed by atoms with E-state index in [1.807, 2.05) is 26.0 Å². The second-order valence-corrected chi connectivity index (χ2v) is 5.92. The number of anilines is 1. The predicted octanol–water partition coefficient (Wildman–Crippen LogP) is 3.50. The molecule has 0 aromatic heterocycles. The van der Waals surface area contributed by atoms with Crippen LogP contribution in [0.4, 0.5) is 18.9 Å². The second kappa shape index (κ2) is 8.57. The fraction of sp³-hybridized carbons (Fsp3) is 0.263. The van der Waals surface area contributed by atoms with Crippen LogP contribution < -0.4 is 15.4 Å². The Balaban J connectivity index is 1.87. The van der Waals surface area contributed by atoms with E-state index in [0.29, 0.717) is 11.3 Å². The molecule has 144 valence electrons. The number of benzene rings is 2. The number of aryl methyl sites for hydroxylation is 1. The highest BCUT2D eigenvalue weighted by Gasteiger charge is 2.38. The minimum Gasteiger partial charge on any atom is -0.483 e. The first-order valence-electron chi connectivity index (χ1n) is 8.09. The Morgan fingerprint density at radius 3 is 2.48 bits per heavy atom. The number of alkyl halides is 3.